The molecule has 4 rings (SSSR count). The van der Waals surface area contributed by atoms with E-state index in [9.17, 15) is 18.0 Å². The molecule has 182 valence electrons. The van der Waals surface area contributed by atoms with Crippen LogP contribution >= 0.6 is 0 Å². The lowest BCUT2D eigenvalue weighted by Crippen LogP contribution is -2.45. The van der Waals surface area contributed by atoms with E-state index < -0.39 is 10.0 Å². The number of benzene rings is 2. The van der Waals surface area contributed by atoms with E-state index in [1.807, 2.05) is 24.8 Å². The first kappa shape index (κ1) is 24.3. The van der Waals surface area contributed by atoms with Gasteiger partial charge in [0.15, 0.2) is 0 Å². The lowest BCUT2D eigenvalue weighted by atomic mass is 9.93. The Bertz CT molecular complexity index is 1160. The number of likely N-dealkylation sites (tertiary alicyclic amines) is 2. The molecule has 0 spiro atoms. The maximum atomic E-state index is 13.3. The molecule has 0 aromatic heterocycles. The van der Waals surface area contributed by atoms with Gasteiger partial charge in [-0.2, -0.15) is 0 Å². The predicted molar refractivity (Wildman–Crippen MR) is 132 cm³/mol. The molecule has 0 radical (unpaired) electrons. The van der Waals surface area contributed by atoms with E-state index in [-0.39, 0.29) is 22.6 Å². The third kappa shape index (κ3) is 5.43. The molecule has 1 N–H and O–H groups in total. The maximum absolute atomic E-state index is 13.3. The van der Waals surface area contributed by atoms with Crippen LogP contribution in [0.3, 0.4) is 0 Å². The van der Waals surface area contributed by atoms with Gasteiger partial charge in [0.05, 0.1) is 4.90 Å². The number of piperidine rings is 2. The monoisotopic (exact) mass is 483 g/mol. The summed E-state index contributed by atoms with van der Waals surface area (Å²) < 4.78 is 28.5. The van der Waals surface area contributed by atoms with Gasteiger partial charge in [-0.3, -0.25) is 14.3 Å². The zero-order chi connectivity index (χ0) is 24.3. The lowest BCUT2D eigenvalue weighted by molar-refractivity contribution is -0.137. The number of rotatable bonds is 5. The Morgan fingerprint density at radius 3 is 2.26 bits per heavy atom. The fourth-order valence-electron chi connectivity index (χ4n) is 4.79. The second kappa shape index (κ2) is 10.2. The summed E-state index contributed by atoms with van der Waals surface area (Å²) >= 11 is 0. The highest BCUT2D eigenvalue weighted by atomic mass is 32.2. The Hall–Kier alpha value is -2.87. The molecule has 2 heterocycles. The van der Waals surface area contributed by atoms with Crippen LogP contribution in [0.4, 0.5) is 5.69 Å². The van der Waals surface area contributed by atoms with Crippen LogP contribution in [-0.2, 0) is 14.8 Å². The topological polar surface area (TPSA) is 86.8 Å². The second-order valence-corrected chi connectivity index (χ2v) is 11.1. The predicted octanol–water partition coefficient (Wildman–Crippen LogP) is 3.97. The minimum Gasteiger partial charge on any atom is -0.342 e. The van der Waals surface area contributed by atoms with Crippen molar-refractivity contribution >= 4 is 27.5 Å². The van der Waals surface area contributed by atoms with Crippen LogP contribution in [0.25, 0.3) is 0 Å². The van der Waals surface area contributed by atoms with Crippen molar-refractivity contribution in [3.8, 4) is 0 Å². The van der Waals surface area contributed by atoms with E-state index in [2.05, 4.69) is 4.72 Å². The number of hydrogen-bond donors (Lipinski definition) is 1. The SMILES string of the molecule is Cc1cccc(NS(=O)(=O)c2ccc(C)c(C(=O)N3CCC(C(=O)N4CCCCC4)CC3)c2)c1. The average Bonchev–Trinajstić information content (AvgIpc) is 2.84. The Morgan fingerprint density at radius 2 is 1.59 bits per heavy atom. The summed E-state index contributed by atoms with van der Waals surface area (Å²) in [6, 6.07) is 11.8. The number of nitrogens with one attached hydrogen (secondary N) is 1. The highest BCUT2D eigenvalue weighted by Crippen LogP contribution is 2.25. The van der Waals surface area contributed by atoms with E-state index in [1.165, 1.54) is 18.6 Å². The van der Waals surface area contributed by atoms with Gasteiger partial charge in [-0.05, 0) is 81.3 Å². The number of nitrogens with zero attached hydrogens (tertiary/aromatic N) is 2. The molecular weight excluding hydrogens is 450 g/mol. The molecule has 34 heavy (non-hydrogen) atoms. The van der Waals surface area contributed by atoms with Gasteiger partial charge in [0, 0.05) is 43.3 Å². The number of aryl methyl sites for hydroxylation is 2. The summed E-state index contributed by atoms with van der Waals surface area (Å²) in [7, 11) is -3.84. The van der Waals surface area contributed by atoms with Crippen LogP contribution in [0.5, 0.6) is 0 Å². The normalized spacial score (nSPS) is 17.5. The van der Waals surface area contributed by atoms with Crippen molar-refractivity contribution in [1.82, 2.24) is 9.80 Å². The Kier molecular flexibility index (Phi) is 7.26. The van der Waals surface area contributed by atoms with Crippen LogP contribution in [0, 0.1) is 19.8 Å². The van der Waals surface area contributed by atoms with Gasteiger partial charge in [-0.25, -0.2) is 8.42 Å². The summed E-state index contributed by atoms with van der Waals surface area (Å²) in [5.41, 5.74) is 2.54. The Labute approximate surface area is 202 Å². The molecule has 8 heteroatoms. The van der Waals surface area contributed by atoms with Gasteiger partial charge in [0.25, 0.3) is 15.9 Å². The number of anilines is 1. The fraction of sp³-hybridized carbons (Fsp3) is 0.462. The van der Waals surface area contributed by atoms with Crippen LogP contribution in [0.15, 0.2) is 47.4 Å². The molecule has 2 aliphatic heterocycles. The van der Waals surface area contributed by atoms with Crippen molar-refractivity contribution in [2.24, 2.45) is 5.92 Å². The van der Waals surface area contributed by atoms with Crippen LogP contribution in [0.2, 0.25) is 0 Å². The molecule has 2 amide bonds. The van der Waals surface area contributed by atoms with Crippen LogP contribution in [-0.4, -0.2) is 56.2 Å². The first-order chi connectivity index (χ1) is 16.2. The average molecular weight is 484 g/mol. The van der Waals surface area contributed by atoms with E-state index in [0.29, 0.717) is 37.2 Å². The third-order valence-corrected chi connectivity index (χ3v) is 8.20. The molecule has 2 aromatic rings. The highest BCUT2D eigenvalue weighted by Gasteiger charge is 2.31. The van der Waals surface area contributed by atoms with Crippen molar-refractivity contribution < 1.29 is 18.0 Å². The maximum Gasteiger partial charge on any atom is 0.261 e. The quantitative estimate of drug-likeness (QED) is 0.697. The molecule has 0 atom stereocenters. The van der Waals surface area contributed by atoms with Gasteiger partial charge >= 0.3 is 0 Å². The second-order valence-electron chi connectivity index (χ2n) is 9.40. The molecular formula is C26H33N3O4S. The van der Waals surface area contributed by atoms with Crippen LogP contribution in [0.1, 0.15) is 53.6 Å². The van der Waals surface area contributed by atoms with Crippen molar-refractivity contribution in [1.29, 1.82) is 0 Å². The highest BCUT2D eigenvalue weighted by molar-refractivity contribution is 7.92. The lowest BCUT2D eigenvalue weighted by Gasteiger charge is -2.35. The smallest absolute Gasteiger partial charge is 0.261 e. The number of hydrogen-bond acceptors (Lipinski definition) is 4. The molecule has 2 aliphatic rings. The Balaban J connectivity index is 1.44. The molecule has 2 aromatic carbocycles. The van der Waals surface area contributed by atoms with Gasteiger partial charge in [-0.1, -0.05) is 18.2 Å². The minimum atomic E-state index is -3.84. The first-order valence-corrected chi connectivity index (χ1v) is 13.5. The number of carbonyl (C=O) groups is 2. The minimum absolute atomic E-state index is 0.0338. The van der Waals surface area contributed by atoms with Crippen molar-refractivity contribution in [3.05, 3.63) is 59.2 Å². The van der Waals surface area contributed by atoms with Gasteiger partial charge in [0.1, 0.15) is 0 Å². The summed E-state index contributed by atoms with van der Waals surface area (Å²) in [4.78, 5) is 29.9. The number of sulfonamides is 1. The fourth-order valence-corrected chi connectivity index (χ4v) is 5.87. The summed E-state index contributed by atoms with van der Waals surface area (Å²) in [5.74, 6) is 0.000702. The summed E-state index contributed by atoms with van der Waals surface area (Å²) in [6.45, 7) is 6.39. The molecule has 0 saturated carbocycles. The van der Waals surface area contributed by atoms with Crippen LogP contribution < -0.4 is 4.72 Å². The van der Waals surface area contributed by atoms with Crippen molar-refractivity contribution in [2.45, 2.75) is 50.8 Å². The molecule has 2 saturated heterocycles. The molecule has 0 unspecified atom stereocenters. The number of amides is 2. The first-order valence-electron chi connectivity index (χ1n) is 12.0. The van der Waals surface area contributed by atoms with Gasteiger partial charge < -0.3 is 9.80 Å². The standard InChI is InChI=1S/C26H33N3O4S/c1-19-7-6-8-22(17-19)27-34(32,33)23-10-9-20(2)24(18-23)26(31)29-15-11-21(12-16-29)25(30)28-13-4-3-5-14-28/h6-10,17-18,21,27H,3-5,11-16H2,1-2H3. The molecule has 2 fully saturated rings. The molecule has 7 nitrogen and oxygen atoms in total. The summed E-state index contributed by atoms with van der Waals surface area (Å²) in [6.07, 6.45) is 4.62. The van der Waals surface area contributed by atoms with Gasteiger partial charge in [-0.15, -0.1) is 0 Å². The van der Waals surface area contributed by atoms with E-state index in [4.69, 9.17) is 0 Å². The Morgan fingerprint density at radius 1 is 0.882 bits per heavy atom. The van der Waals surface area contributed by atoms with Crippen molar-refractivity contribution in [3.63, 3.8) is 0 Å². The van der Waals surface area contributed by atoms with Gasteiger partial charge in [0.2, 0.25) is 5.91 Å². The zero-order valence-corrected chi connectivity index (χ0v) is 20.7. The molecule has 0 bridgehead atoms. The largest absolute Gasteiger partial charge is 0.342 e. The number of carbonyl (C=O) groups excluding carboxylic acids is 2. The summed E-state index contributed by atoms with van der Waals surface area (Å²) in [5, 5.41) is 0. The third-order valence-electron chi connectivity index (χ3n) is 6.82. The van der Waals surface area contributed by atoms with E-state index >= 15 is 0 Å². The van der Waals surface area contributed by atoms with Crippen molar-refractivity contribution in [2.75, 3.05) is 30.9 Å². The van der Waals surface area contributed by atoms with E-state index in [1.54, 1.807) is 29.2 Å². The van der Waals surface area contributed by atoms with E-state index in [0.717, 1.165) is 37.1 Å². The zero-order valence-electron chi connectivity index (χ0n) is 19.9. The molecule has 0 aliphatic carbocycles.